The smallest absolute Gasteiger partial charge is 0.309 e. The number of rotatable bonds is 3. The highest BCUT2D eigenvalue weighted by molar-refractivity contribution is 5.74. The van der Waals surface area contributed by atoms with E-state index in [0.29, 0.717) is 5.56 Å². The number of hydrogen-bond acceptors (Lipinski definition) is 4. The second kappa shape index (κ2) is 5.29. The van der Waals surface area contributed by atoms with Crippen molar-refractivity contribution < 1.29 is 9.53 Å². The van der Waals surface area contributed by atoms with Crippen molar-refractivity contribution in [3.8, 4) is 6.07 Å². The average molecular weight is 218 g/mol. The molecule has 0 atom stereocenters. The van der Waals surface area contributed by atoms with Crippen molar-refractivity contribution in [1.29, 1.82) is 5.26 Å². The van der Waals surface area contributed by atoms with E-state index < -0.39 is 0 Å². The van der Waals surface area contributed by atoms with Gasteiger partial charge in [-0.2, -0.15) is 5.26 Å². The summed E-state index contributed by atoms with van der Waals surface area (Å²) in [7, 11) is 1.34. The molecule has 0 heterocycles. The average Bonchev–Trinajstić information content (AvgIpc) is 2.31. The Hall–Kier alpha value is -1.86. The van der Waals surface area contributed by atoms with Gasteiger partial charge in [-0.05, 0) is 29.7 Å². The number of hydrogen-bond donors (Lipinski definition) is 1. The Labute approximate surface area is 94.6 Å². The molecule has 0 bridgehead atoms. The maximum atomic E-state index is 11.3. The Balaban J connectivity index is 3.24. The van der Waals surface area contributed by atoms with Gasteiger partial charge in [-0.15, -0.1) is 0 Å². The van der Waals surface area contributed by atoms with Crippen molar-refractivity contribution in [3.05, 3.63) is 34.4 Å². The van der Waals surface area contributed by atoms with Gasteiger partial charge in [0.1, 0.15) is 0 Å². The maximum absolute atomic E-state index is 11.3. The molecule has 0 saturated carbocycles. The SMILES string of the molecule is COC(=O)Cc1c(C)ccc(C#N)c1CN. The van der Waals surface area contributed by atoms with Gasteiger partial charge >= 0.3 is 5.97 Å². The summed E-state index contributed by atoms with van der Waals surface area (Å²) < 4.78 is 4.62. The van der Waals surface area contributed by atoms with Crippen LogP contribution in [0.25, 0.3) is 0 Å². The van der Waals surface area contributed by atoms with E-state index in [1.165, 1.54) is 7.11 Å². The lowest BCUT2D eigenvalue weighted by Crippen LogP contribution is -2.12. The number of esters is 1. The normalized spacial score (nSPS) is 9.62. The van der Waals surface area contributed by atoms with Gasteiger partial charge in [0, 0.05) is 6.54 Å². The molecule has 16 heavy (non-hydrogen) atoms. The molecule has 0 saturated heterocycles. The number of ether oxygens (including phenoxy) is 1. The molecule has 0 radical (unpaired) electrons. The van der Waals surface area contributed by atoms with E-state index in [4.69, 9.17) is 11.0 Å². The number of nitriles is 1. The van der Waals surface area contributed by atoms with Gasteiger partial charge in [0.2, 0.25) is 0 Å². The van der Waals surface area contributed by atoms with Crippen LogP contribution in [0.4, 0.5) is 0 Å². The van der Waals surface area contributed by atoms with E-state index in [0.717, 1.165) is 16.7 Å². The first kappa shape index (κ1) is 12.2. The highest BCUT2D eigenvalue weighted by Gasteiger charge is 2.13. The van der Waals surface area contributed by atoms with Gasteiger partial charge < -0.3 is 10.5 Å². The summed E-state index contributed by atoms with van der Waals surface area (Å²) in [6, 6.07) is 5.61. The highest BCUT2D eigenvalue weighted by Crippen LogP contribution is 2.19. The molecule has 2 N–H and O–H groups in total. The molecule has 0 aliphatic carbocycles. The summed E-state index contributed by atoms with van der Waals surface area (Å²) in [6.45, 7) is 2.13. The third-order valence-electron chi connectivity index (χ3n) is 2.54. The van der Waals surface area contributed by atoms with Crippen LogP contribution in [0.5, 0.6) is 0 Å². The third kappa shape index (κ3) is 2.38. The van der Waals surface area contributed by atoms with Crippen LogP contribution in [-0.4, -0.2) is 13.1 Å². The van der Waals surface area contributed by atoms with Crippen molar-refractivity contribution in [1.82, 2.24) is 0 Å². The molecule has 1 rings (SSSR count). The predicted molar refractivity (Wildman–Crippen MR) is 59.5 cm³/mol. The summed E-state index contributed by atoms with van der Waals surface area (Å²) in [6.07, 6.45) is 0.157. The van der Waals surface area contributed by atoms with Crippen LogP contribution in [0.2, 0.25) is 0 Å². The summed E-state index contributed by atoms with van der Waals surface area (Å²) >= 11 is 0. The molecule has 1 aromatic rings. The van der Waals surface area contributed by atoms with Gasteiger partial charge in [-0.1, -0.05) is 6.07 Å². The Morgan fingerprint density at radius 1 is 1.50 bits per heavy atom. The summed E-state index contributed by atoms with van der Waals surface area (Å²) in [5.74, 6) is -0.326. The second-order valence-electron chi connectivity index (χ2n) is 3.46. The van der Waals surface area contributed by atoms with Crippen LogP contribution < -0.4 is 5.73 Å². The number of benzene rings is 1. The van der Waals surface area contributed by atoms with Crippen LogP contribution in [0.15, 0.2) is 12.1 Å². The van der Waals surface area contributed by atoms with E-state index in [9.17, 15) is 4.79 Å². The quantitative estimate of drug-likeness (QED) is 0.769. The Morgan fingerprint density at radius 3 is 2.69 bits per heavy atom. The van der Waals surface area contributed by atoms with Gasteiger partial charge in [0.25, 0.3) is 0 Å². The summed E-state index contributed by atoms with van der Waals surface area (Å²) in [5.41, 5.74) is 8.61. The molecule has 0 fully saturated rings. The number of methoxy groups -OCH3 is 1. The molecule has 0 unspecified atom stereocenters. The summed E-state index contributed by atoms with van der Waals surface area (Å²) in [5, 5.41) is 8.93. The molecule has 1 aromatic carbocycles. The molecule has 0 amide bonds. The zero-order chi connectivity index (χ0) is 12.1. The lowest BCUT2D eigenvalue weighted by Gasteiger charge is -2.11. The fraction of sp³-hybridized carbons (Fsp3) is 0.333. The van der Waals surface area contributed by atoms with E-state index >= 15 is 0 Å². The largest absolute Gasteiger partial charge is 0.469 e. The minimum Gasteiger partial charge on any atom is -0.469 e. The first-order valence-electron chi connectivity index (χ1n) is 4.92. The molecular formula is C12H14N2O2. The van der Waals surface area contributed by atoms with Gasteiger partial charge in [0.05, 0.1) is 25.2 Å². The lowest BCUT2D eigenvalue weighted by atomic mass is 9.95. The Kier molecular flexibility index (Phi) is 4.03. The Morgan fingerprint density at radius 2 is 2.19 bits per heavy atom. The first-order valence-corrected chi connectivity index (χ1v) is 4.92. The Bertz CT molecular complexity index is 447. The fourth-order valence-electron chi connectivity index (χ4n) is 1.61. The minimum absolute atomic E-state index is 0.157. The number of carbonyl (C=O) groups excluding carboxylic acids is 1. The number of carbonyl (C=O) groups is 1. The lowest BCUT2D eigenvalue weighted by molar-refractivity contribution is -0.139. The highest BCUT2D eigenvalue weighted by atomic mass is 16.5. The molecule has 0 aromatic heterocycles. The van der Waals surface area contributed by atoms with Crippen LogP contribution >= 0.6 is 0 Å². The zero-order valence-electron chi connectivity index (χ0n) is 9.41. The zero-order valence-corrected chi connectivity index (χ0v) is 9.41. The van der Waals surface area contributed by atoms with Crippen molar-refractivity contribution >= 4 is 5.97 Å². The molecular weight excluding hydrogens is 204 g/mol. The van der Waals surface area contributed by atoms with Crippen molar-refractivity contribution in [3.63, 3.8) is 0 Å². The monoisotopic (exact) mass is 218 g/mol. The summed E-state index contributed by atoms with van der Waals surface area (Å²) in [4.78, 5) is 11.3. The van der Waals surface area contributed by atoms with Crippen molar-refractivity contribution in [2.24, 2.45) is 5.73 Å². The fourth-order valence-corrected chi connectivity index (χ4v) is 1.61. The van der Waals surface area contributed by atoms with Gasteiger partial charge in [-0.3, -0.25) is 4.79 Å². The standard InChI is InChI=1S/C12H14N2O2/c1-8-3-4-9(6-13)11(7-14)10(8)5-12(15)16-2/h3-4H,5,7,14H2,1-2H3. The van der Waals surface area contributed by atoms with E-state index in [1.54, 1.807) is 6.07 Å². The number of nitrogens with zero attached hydrogens (tertiary/aromatic N) is 1. The van der Waals surface area contributed by atoms with Crippen LogP contribution in [0.1, 0.15) is 22.3 Å². The third-order valence-corrected chi connectivity index (χ3v) is 2.54. The topological polar surface area (TPSA) is 76.1 Å². The van der Waals surface area contributed by atoms with Crippen LogP contribution in [0, 0.1) is 18.3 Å². The minimum atomic E-state index is -0.326. The van der Waals surface area contributed by atoms with Crippen molar-refractivity contribution in [2.45, 2.75) is 19.9 Å². The predicted octanol–water partition coefficient (Wildman–Crippen LogP) is 1.04. The van der Waals surface area contributed by atoms with Crippen LogP contribution in [-0.2, 0) is 22.5 Å². The van der Waals surface area contributed by atoms with Gasteiger partial charge in [-0.25, -0.2) is 0 Å². The molecule has 0 aliphatic rings. The maximum Gasteiger partial charge on any atom is 0.309 e. The number of nitrogens with two attached hydrogens (primary N) is 1. The molecule has 0 spiro atoms. The molecule has 4 heteroatoms. The number of aryl methyl sites for hydroxylation is 1. The molecule has 4 nitrogen and oxygen atoms in total. The van der Waals surface area contributed by atoms with Crippen LogP contribution in [0.3, 0.4) is 0 Å². The first-order chi connectivity index (χ1) is 7.63. The van der Waals surface area contributed by atoms with Gasteiger partial charge in [0.15, 0.2) is 0 Å². The van der Waals surface area contributed by atoms with Crippen molar-refractivity contribution in [2.75, 3.05) is 7.11 Å². The second-order valence-corrected chi connectivity index (χ2v) is 3.46. The van der Waals surface area contributed by atoms with E-state index in [-0.39, 0.29) is 18.9 Å². The van der Waals surface area contributed by atoms with E-state index in [2.05, 4.69) is 10.8 Å². The molecule has 84 valence electrons. The van der Waals surface area contributed by atoms with E-state index in [1.807, 2.05) is 13.0 Å². The molecule has 0 aliphatic heterocycles.